The third-order valence-electron chi connectivity index (χ3n) is 2.45. The molecule has 7 nitrogen and oxygen atoms in total. The molecule has 4 atom stereocenters. The summed E-state index contributed by atoms with van der Waals surface area (Å²) >= 11 is 0. The van der Waals surface area contributed by atoms with E-state index in [-0.39, 0.29) is 0 Å². The molecule has 0 unspecified atom stereocenters. The van der Waals surface area contributed by atoms with E-state index in [0.29, 0.717) is 0 Å². The van der Waals surface area contributed by atoms with Crippen molar-refractivity contribution >= 4 is 6.29 Å². The van der Waals surface area contributed by atoms with Gasteiger partial charge in [-0.15, -0.1) is 0 Å². The Labute approximate surface area is 116 Å². The summed E-state index contributed by atoms with van der Waals surface area (Å²) in [4.78, 5) is 10.0. The SMILES string of the molecule is O=Cc1ccccc1.OC[C@@H](O)[C@@H](O)[C@H](O)[C@@H](O)CO. The first-order chi connectivity index (χ1) is 9.47. The molecule has 1 rings (SSSR count). The van der Waals surface area contributed by atoms with Gasteiger partial charge in [-0.1, -0.05) is 30.3 Å². The van der Waals surface area contributed by atoms with Gasteiger partial charge in [0.1, 0.15) is 30.7 Å². The minimum atomic E-state index is -1.67. The lowest BCUT2D eigenvalue weighted by Crippen LogP contribution is -2.46. The van der Waals surface area contributed by atoms with Crippen LogP contribution in [0.4, 0.5) is 0 Å². The van der Waals surface area contributed by atoms with Crippen molar-refractivity contribution in [2.75, 3.05) is 13.2 Å². The van der Waals surface area contributed by atoms with Crippen molar-refractivity contribution < 1.29 is 35.4 Å². The molecule has 0 saturated heterocycles. The summed E-state index contributed by atoms with van der Waals surface area (Å²) in [6, 6.07) is 9.10. The first kappa shape index (κ1) is 18.7. The molecule has 0 saturated carbocycles. The van der Waals surface area contributed by atoms with Crippen molar-refractivity contribution in [1.82, 2.24) is 0 Å². The van der Waals surface area contributed by atoms with Crippen LogP contribution in [0.2, 0.25) is 0 Å². The fraction of sp³-hybridized carbons (Fsp3) is 0.462. The molecule has 0 aliphatic rings. The third kappa shape index (κ3) is 6.71. The van der Waals surface area contributed by atoms with Crippen LogP contribution in [0.5, 0.6) is 0 Å². The predicted molar refractivity (Wildman–Crippen MR) is 70.0 cm³/mol. The number of rotatable bonds is 6. The minimum absolute atomic E-state index is 0.726. The molecule has 0 amide bonds. The van der Waals surface area contributed by atoms with E-state index in [1.54, 1.807) is 12.1 Å². The maximum Gasteiger partial charge on any atom is 0.150 e. The molecule has 114 valence electrons. The molecule has 6 N–H and O–H groups in total. The normalized spacial score (nSPS) is 16.3. The zero-order valence-electron chi connectivity index (χ0n) is 10.8. The van der Waals surface area contributed by atoms with Gasteiger partial charge < -0.3 is 30.6 Å². The topological polar surface area (TPSA) is 138 Å². The number of aliphatic hydroxyl groups excluding tert-OH is 6. The van der Waals surface area contributed by atoms with E-state index >= 15 is 0 Å². The number of aliphatic hydroxyl groups is 6. The zero-order chi connectivity index (χ0) is 15.5. The Balaban J connectivity index is 0.000000388. The highest BCUT2D eigenvalue weighted by Crippen LogP contribution is 2.04. The van der Waals surface area contributed by atoms with E-state index in [0.717, 1.165) is 11.8 Å². The molecule has 1 aromatic rings. The lowest BCUT2D eigenvalue weighted by Gasteiger charge is -2.24. The summed E-state index contributed by atoms with van der Waals surface area (Å²) in [7, 11) is 0. The van der Waals surface area contributed by atoms with Gasteiger partial charge in [0.15, 0.2) is 0 Å². The summed E-state index contributed by atoms with van der Waals surface area (Å²) in [5.74, 6) is 0. The van der Waals surface area contributed by atoms with Crippen LogP contribution < -0.4 is 0 Å². The Morgan fingerprint density at radius 3 is 1.50 bits per heavy atom. The van der Waals surface area contributed by atoms with Gasteiger partial charge in [-0.3, -0.25) is 4.79 Å². The van der Waals surface area contributed by atoms with Gasteiger partial charge in [0.05, 0.1) is 13.2 Å². The van der Waals surface area contributed by atoms with Gasteiger partial charge in [-0.2, -0.15) is 0 Å². The first-order valence-corrected chi connectivity index (χ1v) is 5.92. The number of carbonyl (C=O) groups is 1. The van der Waals surface area contributed by atoms with Crippen molar-refractivity contribution in [3.8, 4) is 0 Å². The molecule has 0 aliphatic heterocycles. The van der Waals surface area contributed by atoms with E-state index in [1.165, 1.54) is 0 Å². The summed E-state index contributed by atoms with van der Waals surface area (Å²) in [5, 5.41) is 52.2. The molecule has 0 spiro atoms. The molecule has 0 heterocycles. The van der Waals surface area contributed by atoms with Gasteiger partial charge in [0.2, 0.25) is 0 Å². The molecule has 1 aromatic carbocycles. The standard InChI is InChI=1S/C7H6O.C6H14O6/c8-6-7-4-2-1-3-5-7;7-1-3(9)5(11)6(12)4(10)2-8/h1-6H;3-12H,1-2H2/t;3-,4+,5-,6-/m.1/s1. The van der Waals surface area contributed by atoms with E-state index in [1.807, 2.05) is 18.2 Å². The monoisotopic (exact) mass is 288 g/mol. The summed E-state index contributed by atoms with van der Waals surface area (Å²) in [6.45, 7) is -1.45. The number of aldehydes is 1. The second-order valence-corrected chi connectivity index (χ2v) is 4.01. The van der Waals surface area contributed by atoms with E-state index in [4.69, 9.17) is 30.6 Å². The van der Waals surface area contributed by atoms with Crippen molar-refractivity contribution in [2.45, 2.75) is 24.4 Å². The van der Waals surface area contributed by atoms with Gasteiger partial charge >= 0.3 is 0 Å². The molecule has 0 fully saturated rings. The van der Waals surface area contributed by atoms with Crippen LogP contribution in [0.25, 0.3) is 0 Å². The van der Waals surface area contributed by atoms with E-state index < -0.39 is 37.6 Å². The molecule has 7 heteroatoms. The zero-order valence-corrected chi connectivity index (χ0v) is 10.8. The molecule has 0 aliphatic carbocycles. The fourth-order valence-electron chi connectivity index (χ4n) is 1.20. The van der Waals surface area contributed by atoms with Gasteiger partial charge in [-0.05, 0) is 0 Å². The minimum Gasteiger partial charge on any atom is -0.394 e. The highest BCUT2D eigenvalue weighted by Gasteiger charge is 2.29. The number of hydrogen-bond donors (Lipinski definition) is 6. The van der Waals surface area contributed by atoms with Crippen LogP contribution in [0.15, 0.2) is 30.3 Å². The highest BCUT2D eigenvalue weighted by molar-refractivity contribution is 5.74. The molecular formula is C13H20O7. The van der Waals surface area contributed by atoms with Gasteiger partial charge in [0.25, 0.3) is 0 Å². The van der Waals surface area contributed by atoms with Crippen LogP contribution in [0.1, 0.15) is 10.4 Å². The van der Waals surface area contributed by atoms with Crippen LogP contribution >= 0.6 is 0 Å². The molecule has 0 radical (unpaired) electrons. The lowest BCUT2D eigenvalue weighted by molar-refractivity contribution is -0.123. The maximum atomic E-state index is 10.0. The second-order valence-electron chi connectivity index (χ2n) is 4.01. The maximum absolute atomic E-state index is 10.0. The highest BCUT2D eigenvalue weighted by atomic mass is 16.4. The summed E-state index contributed by atoms with van der Waals surface area (Å²) in [6.07, 6.45) is -5.56. The quantitative estimate of drug-likeness (QED) is 0.330. The van der Waals surface area contributed by atoms with Crippen molar-refractivity contribution in [1.29, 1.82) is 0 Å². The number of carbonyl (C=O) groups excluding carboxylic acids is 1. The number of hydrogen-bond acceptors (Lipinski definition) is 7. The third-order valence-corrected chi connectivity index (χ3v) is 2.45. The summed E-state index contributed by atoms with van der Waals surface area (Å²) in [5.41, 5.74) is 0.729. The smallest absolute Gasteiger partial charge is 0.150 e. The Kier molecular flexibility index (Phi) is 9.73. The van der Waals surface area contributed by atoms with Gasteiger partial charge in [-0.25, -0.2) is 0 Å². The van der Waals surface area contributed by atoms with Crippen LogP contribution in [-0.2, 0) is 0 Å². The lowest BCUT2D eigenvalue weighted by atomic mass is 10.0. The predicted octanol–water partition coefficient (Wildman–Crippen LogP) is -2.09. The Morgan fingerprint density at radius 1 is 0.850 bits per heavy atom. The Bertz CT molecular complexity index is 343. The van der Waals surface area contributed by atoms with E-state index in [2.05, 4.69) is 0 Å². The average Bonchev–Trinajstić information content (AvgIpc) is 2.53. The van der Waals surface area contributed by atoms with Gasteiger partial charge in [0, 0.05) is 5.56 Å². The molecule has 0 bridgehead atoms. The average molecular weight is 288 g/mol. The van der Waals surface area contributed by atoms with Crippen LogP contribution in [0.3, 0.4) is 0 Å². The molecular weight excluding hydrogens is 268 g/mol. The van der Waals surface area contributed by atoms with Crippen molar-refractivity contribution in [2.24, 2.45) is 0 Å². The van der Waals surface area contributed by atoms with E-state index in [9.17, 15) is 4.79 Å². The van der Waals surface area contributed by atoms with Crippen LogP contribution in [0, 0.1) is 0 Å². The Morgan fingerprint density at radius 2 is 1.25 bits per heavy atom. The Hall–Kier alpha value is -1.35. The second kappa shape index (κ2) is 10.4. The molecule has 20 heavy (non-hydrogen) atoms. The summed E-state index contributed by atoms with van der Waals surface area (Å²) < 4.78 is 0. The van der Waals surface area contributed by atoms with Crippen molar-refractivity contribution in [3.05, 3.63) is 35.9 Å². The van der Waals surface area contributed by atoms with Crippen LogP contribution in [-0.4, -0.2) is 74.6 Å². The first-order valence-electron chi connectivity index (χ1n) is 5.92. The molecule has 0 aromatic heterocycles. The fourth-order valence-corrected chi connectivity index (χ4v) is 1.20. The number of benzene rings is 1. The van der Waals surface area contributed by atoms with Crippen molar-refractivity contribution in [3.63, 3.8) is 0 Å². The largest absolute Gasteiger partial charge is 0.394 e.